The van der Waals surface area contributed by atoms with E-state index in [1.54, 1.807) is 30.3 Å². The van der Waals surface area contributed by atoms with Gasteiger partial charge in [-0.25, -0.2) is 0 Å². The first-order valence-corrected chi connectivity index (χ1v) is 16.0. The summed E-state index contributed by atoms with van der Waals surface area (Å²) in [5.41, 5.74) is -1.40. The van der Waals surface area contributed by atoms with E-state index in [0.717, 1.165) is 31.5 Å². The minimum atomic E-state index is -4.97. The molecule has 1 aliphatic heterocycles. The second-order valence-corrected chi connectivity index (χ2v) is 12.4. The van der Waals surface area contributed by atoms with Gasteiger partial charge in [0.25, 0.3) is 5.91 Å². The van der Waals surface area contributed by atoms with E-state index in [1.165, 1.54) is 7.11 Å². The fraction of sp³-hybridized carbons (Fsp3) is 0.412. The Hall–Kier alpha value is -3.32. The van der Waals surface area contributed by atoms with Crippen LogP contribution in [0.15, 0.2) is 71.9 Å². The smallest absolute Gasteiger partial charge is 0.399 e. The Balaban J connectivity index is 1.41. The quantitative estimate of drug-likeness (QED) is 0.109. The number of rotatable bonds is 13. The lowest BCUT2D eigenvalue weighted by Gasteiger charge is -2.33. The molecule has 260 valence electrons. The molecule has 6 nitrogen and oxygen atoms in total. The number of likely N-dealkylation sites (tertiary alicyclic amines) is 1. The number of carbonyl (C=O) groups is 1. The predicted molar refractivity (Wildman–Crippen MR) is 172 cm³/mol. The lowest BCUT2D eigenvalue weighted by atomic mass is 9.90. The van der Waals surface area contributed by atoms with Gasteiger partial charge in [-0.1, -0.05) is 52.6 Å². The summed E-state index contributed by atoms with van der Waals surface area (Å²) >= 11 is 12.5. The molecular formula is C34H35Cl2F6N3O3. The fourth-order valence-corrected chi connectivity index (χ4v) is 5.90. The van der Waals surface area contributed by atoms with Crippen molar-refractivity contribution in [3.8, 4) is 0 Å². The average molecular weight is 719 g/mol. The summed E-state index contributed by atoms with van der Waals surface area (Å²) in [5, 5.41) is 7.79. The van der Waals surface area contributed by atoms with Gasteiger partial charge in [-0.2, -0.15) is 26.3 Å². The summed E-state index contributed by atoms with van der Waals surface area (Å²) in [7, 11) is 1.33. The van der Waals surface area contributed by atoms with Crippen LogP contribution in [-0.2, 0) is 28.5 Å². The molecule has 1 amide bonds. The highest BCUT2D eigenvalue weighted by Crippen LogP contribution is 2.37. The number of halogens is 8. The Morgan fingerprint density at radius 1 is 0.938 bits per heavy atom. The van der Waals surface area contributed by atoms with Gasteiger partial charge in [0.2, 0.25) is 0 Å². The van der Waals surface area contributed by atoms with E-state index in [9.17, 15) is 31.1 Å². The summed E-state index contributed by atoms with van der Waals surface area (Å²) in [6.45, 7) is 2.04. The van der Waals surface area contributed by atoms with Crippen molar-refractivity contribution in [3.63, 3.8) is 0 Å². The number of piperidine rings is 1. The Bertz CT molecular complexity index is 1510. The number of nitrogens with one attached hydrogen (secondary N) is 1. The van der Waals surface area contributed by atoms with Crippen LogP contribution >= 0.6 is 23.2 Å². The zero-order valence-electron chi connectivity index (χ0n) is 26.0. The molecule has 1 fully saturated rings. The van der Waals surface area contributed by atoms with Gasteiger partial charge in [0, 0.05) is 18.0 Å². The second kappa shape index (κ2) is 16.9. The molecule has 48 heavy (non-hydrogen) atoms. The molecule has 0 spiro atoms. The molecule has 1 unspecified atom stereocenters. The highest BCUT2D eigenvalue weighted by molar-refractivity contribution is 6.42. The van der Waals surface area contributed by atoms with Gasteiger partial charge in [0.1, 0.15) is 7.11 Å². The minimum absolute atomic E-state index is 0.0746. The van der Waals surface area contributed by atoms with E-state index in [0.29, 0.717) is 58.9 Å². The molecular weight excluding hydrogens is 683 g/mol. The molecule has 0 bridgehead atoms. The van der Waals surface area contributed by atoms with Crippen molar-refractivity contribution in [2.75, 3.05) is 39.9 Å². The second-order valence-electron chi connectivity index (χ2n) is 11.5. The number of benzene rings is 3. The standard InChI is InChI=1S/C34H35Cl2F6N3O3/c1-47-44-31(21-48-20-23-15-26(33(37,38)39)18-27(16-23)34(40,41)42)28(25-7-8-29(35)30(36)17-25)11-14-45-12-9-22(10-13-45)19-43-32(46)24-5-3-2-4-6-24/h2-8,15-18,22,28H,9-14,19-21H2,1H3,(H,43,46)/b44-31+. The van der Waals surface area contributed by atoms with Crippen LogP contribution in [0.5, 0.6) is 0 Å². The Morgan fingerprint density at radius 3 is 2.17 bits per heavy atom. The molecule has 3 aromatic carbocycles. The van der Waals surface area contributed by atoms with Crippen molar-refractivity contribution in [3.05, 3.63) is 105 Å². The first-order valence-electron chi connectivity index (χ1n) is 15.2. The van der Waals surface area contributed by atoms with Crippen LogP contribution in [0, 0.1) is 5.92 Å². The summed E-state index contributed by atoms with van der Waals surface area (Å²) < 4.78 is 85.8. The van der Waals surface area contributed by atoms with Crippen molar-refractivity contribution >= 4 is 34.8 Å². The Morgan fingerprint density at radius 2 is 1.58 bits per heavy atom. The van der Waals surface area contributed by atoms with Crippen LogP contribution < -0.4 is 5.32 Å². The third-order valence-corrected chi connectivity index (χ3v) is 8.89. The van der Waals surface area contributed by atoms with Gasteiger partial charge in [-0.15, -0.1) is 0 Å². The van der Waals surface area contributed by atoms with Gasteiger partial charge in [-0.05, 0) is 98.4 Å². The van der Waals surface area contributed by atoms with Crippen LogP contribution in [0.1, 0.15) is 57.8 Å². The number of carbonyl (C=O) groups excluding carboxylic acids is 1. The van der Waals surface area contributed by atoms with Gasteiger partial charge in [0.05, 0.1) is 40.1 Å². The topological polar surface area (TPSA) is 63.2 Å². The molecule has 3 aromatic rings. The van der Waals surface area contributed by atoms with Crippen LogP contribution in [-0.4, -0.2) is 56.4 Å². The maximum absolute atomic E-state index is 13.4. The first kappa shape index (κ1) is 37.5. The summed E-state index contributed by atoms with van der Waals surface area (Å²) in [5.74, 6) is -0.203. The van der Waals surface area contributed by atoms with E-state index in [2.05, 4.69) is 15.4 Å². The monoisotopic (exact) mass is 717 g/mol. The number of amides is 1. The highest BCUT2D eigenvalue weighted by atomic mass is 35.5. The number of alkyl halides is 6. The van der Waals surface area contributed by atoms with Crippen LogP contribution in [0.2, 0.25) is 10.0 Å². The van der Waals surface area contributed by atoms with Gasteiger partial charge >= 0.3 is 12.4 Å². The first-order chi connectivity index (χ1) is 22.7. The van der Waals surface area contributed by atoms with E-state index in [4.69, 9.17) is 32.8 Å². The van der Waals surface area contributed by atoms with E-state index in [-0.39, 0.29) is 24.1 Å². The number of hydrogen-bond donors (Lipinski definition) is 1. The summed E-state index contributed by atoms with van der Waals surface area (Å²) in [6, 6.07) is 15.5. The molecule has 1 heterocycles. The van der Waals surface area contributed by atoms with Crippen LogP contribution in [0.3, 0.4) is 0 Å². The summed E-state index contributed by atoms with van der Waals surface area (Å²) in [4.78, 5) is 19.8. The predicted octanol–water partition coefficient (Wildman–Crippen LogP) is 8.87. The van der Waals surface area contributed by atoms with Crippen molar-refractivity contribution in [2.45, 2.75) is 44.1 Å². The lowest BCUT2D eigenvalue weighted by molar-refractivity contribution is -0.143. The largest absolute Gasteiger partial charge is 0.416 e. The van der Waals surface area contributed by atoms with Crippen LogP contribution in [0.25, 0.3) is 0 Å². The number of hydrogen-bond acceptors (Lipinski definition) is 5. The zero-order chi connectivity index (χ0) is 34.9. The van der Waals surface area contributed by atoms with Crippen molar-refractivity contribution < 1.29 is 40.7 Å². The molecule has 0 saturated carbocycles. The van der Waals surface area contributed by atoms with Crippen molar-refractivity contribution in [1.29, 1.82) is 0 Å². The van der Waals surface area contributed by atoms with E-state index in [1.807, 2.05) is 18.2 Å². The van der Waals surface area contributed by atoms with Gasteiger partial charge in [-0.3, -0.25) is 4.79 Å². The number of ether oxygens (including phenoxy) is 1. The minimum Gasteiger partial charge on any atom is -0.399 e. The van der Waals surface area contributed by atoms with Crippen LogP contribution in [0.4, 0.5) is 26.3 Å². The third kappa shape index (κ3) is 10.8. The molecule has 14 heteroatoms. The molecule has 1 saturated heterocycles. The average Bonchev–Trinajstić information content (AvgIpc) is 3.05. The molecule has 1 N–H and O–H groups in total. The molecule has 0 radical (unpaired) electrons. The number of nitrogens with zero attached hydrogens (tertiary/aromatic N) is 2. The molecule has 0 aromatic heterocycles. The van der Waals surface area contributed by atoms with Crippen molar-refractivity contribution in [1.82, 2.24) is 10.2 Å². The maximum atomic E-state index is 13.4. The number of oxime groups is 1. The Labute approximate surface area is 285 Å². The van der Waals surface area contributed by atoms with E-state index >= 15 is 0 Å². The summed E-state index contributed by atoms with van der Waals surface area (Å²) in [6.07, 6.45) is -7.65. The Kier molecular flexibility index (Phi) is 13.2. The molecule has 1 aliphatic rings. The van der Waals surface area contributed by atoms with Gasteiger partial charge in [0.15, 0.2) is 0 Å². The zero-order valence-corrected chi connectivity index (χ0v) is 27.5. The molecule has 1 atom stereocenters. The normalized spacial score (nSPS) is 15.7. The molecule has 0 aliphatic carbocycles. The van der Waals surface area contributed by atoms with Crippen molar-refractivity contribution in [2.24, 2.45) is 11.1 Å². The van der Waals surface area contributed by atoms with E-state index < -0.39 is 36.0 Å². The third-order valence-electron chi connectivity index (χ3n) is 8.15. The molecule has 4 rings (SSSR count). The SMILES string of the molecule is CO/N=C(\COCc1cc(C(F)(F)F)cc(C(F)(F)F)c1)C(CCN1CCC(CNC(=O)c2ccccc2)CC1)c1ccc(Cl)c(Cl)c1. The van der Waals surface area contributed by atoms with Gasteiger partial charge < -0.3 is 19.8 Å². The fourth-order valence-electron chi connectivity index (χ4n) is 5.59. The lowest BCUT2D eigenvalue weighted by Crippen LogP contribution is -2.39. The maximum Gasteiger partial charge on any atom is 0.416 e. The highest BCUT2D eigenvalue weighted by Gasteiger charge is 2.37.